The fourth-order valence-electron chi connectivity index (χ4n) is 3.05. The van der Waals surface area contributed by atoms with E-state index >= 15 is 0 Å². The summed E-state index contributed by atoms with van der Waals surface area (Å²) in [6, 6.07) is 17.0. The molecular formula is C22H22N4O4S. The number of amides is 3. The highest BCUT2D eigenvalue weighted by atomic mass is 32.1. The van der Waals surface area contributed by atoms with Crippen molar-refractivity contribution in [3.8, 4) is 10.4 Å². The molecule has 9 heteroatoms. The molecule has 0 radical (unpaired) electrons. The second-order valence-electron chi connectivity index (χ2n) is 6.87. The minimum atomic E-state index is -0.910. The molecule has 0 aliphatic carbocycles. The van der Waals surface area contributed by atoms with Gasteiger partial charge in [-0.1, -0.05) is 54.6 Å². The van der Waals surface area contributed by atoms with Gasteiger partial charge in [-0.05, 0) is 29.2 Å². The number of carbonyl (C=O) groups excluding carboxylic acids is 2. The van der Waals surface area contributed by atoms with Crippen molar-refractivity contribution in [2.24, 2.45) is 11.5 Å². The van der Waals surface area contributed by atoms with E-state index in [0.717, 1.165) is 21.6 Å². The van der Waals surface area contributed by atoms with Crippen LogP contribution in [0.4, 0.5) is 9.80 Å². The molecule has 0 aliphatic heterocycles. The van der Waals surface area contributed by atoms with Crippen LogP contribution in [0.15, 0.2) is 60.7 Å². The Morgan fingerprint density at radius 1 is 0.968 bits per heavy atom. The molecule has 0 spiro atoms. The maximum atomic E-state index is 11.6. The molecule has 1 atom stereocenters. The second-order valence-corrected chi connectivity index (χ2v) is 7.92. The van der Waals surface area contributed by atoms with Gasteiger partial charge in [0.15, 0.2) is 0 Å². The molecule has 1 heterocycles. The first-order valence-corrected chi connectivity index (χ1v) is 10.2. The number of primary amides is 2. The summed E-state index contributed by atoms with van der Waals surface area (Å²) in [5.74, 6) is -1.57. The summed E-state index contributed by atoms with van der Waals surface area (Å²) in [7, 11) is 0. The average molecular weight is 439 g/mol. The number of rotatable bonds is 9. The Kier molecular flexibility index (Phi) is 7.01. The van der Waals surface area contributed by atoms with Crippen LogP contribution in [0.3, 0.4) is 0 Å². The molecule has 7 N–H and O–H groups in total. The number of carboxylic acids is 1. The first kappa shape index (κ1) is 22.0. The fourth-order valence-corrected chi connectivity index (χ4v) is 4.12. The van der Waals surface area contributed by atoms with Crippen molar-refractivity contribution in [2.45, 2.75) is 19.0 Å². The summed E-state index contributed by atoms with van der Waals surface area (Å²) in [5, 5.41) is 15.3. The number of nitrogens with one attached hydrogen (secondary N) is 2. The largest absolute Gasteiger partial charge is 0.480 e. The highest BCUT2D eigenvalue weighted by Crippen LogP contribution is 2.35. The summed E-state index contributed by atoms with van der Waals surface area (Å²) in [6.07, 6.45) is 0.384. The lowest BCUT2D eigenvalue weighted by molar-refractivity contribution is -0.139. The molecule has 0 aliphatic rings. The number of anilines is 1. The maximum absolute atomic E-state index is 11.6. The normalized spacial score (nSPS) is 11.6. The number of urea groups is 1. The molecule has 2 aromatic carbocycles. The van der Waals surface area contributed by atoms with Crippen LogP contribution in [-0.4, -0.2) is 29.1 Å². The lowest BCUT2D eigenvalue weighted by Crippen LogP contribution is -2.38. The van der Waals surface area contributed by atoms with Crippen LogP contribution < -0.4 is 22.1 Å². The van der Waals surface area contributed by atoms with Crippen molar-refractivity contribution >= 4 is 34.2 Å². The third kappa shape index (κ3) is 5.91. The van der Waals surface area contributed by atoms with Crippen LogP contribution in [-0.2, 0) is 17.8 Å². The van der Waals surface area contributed by atoms with Crippen LogP contribution >= 0.6 is 11.3 Å². The van der Waals surface area contributed by atoms with Crippen molar-refractivity contribution in [2.75, 3.05) is 5.32 Å². The predicted octanol–water partition coefficient (Wildman–Crippen LogP) is 2.79. The monoisotopic (exact) mass is 438 g/mol. The SMILES string of the molecule is NC(=O)Nc1sc(-c2ccc(CNC(Cc3ccccc3)C(=O)O)cc2)cc1C(N)=O. The first-order chi connectivity index (χ1) is 14.8. The summed E-state index contributed by atoms with van der Waals surface area (Å²) < 4.78 is 0. The number of hydrogen-bond acceptors (Lipinski definition) is 5. The van der Waals surface area contributed by atoms with Crippen LogP contribution in [0.25, 0.3) is 10.4 Å². The van der Waals surface area contributed by atoms with Crippen molar-refractivity contribution in [1.29, 1.82) is 0 Å². The van der Waals surface area contributed by atoms with Gasteiger partial charge in [-0.25, -0.2) is 4.79 Å². The summed E-state index contributed by atoms with van der Waals surface area (Å²) in [5.41, 5.74) is 13.4. The van der Waals surface area contributed by atoms with E-state index in [9.17, 15) is 19.5 Å². The van der Waals surface area contributed by atoms with Crippen molar-refractivity contribution < 1.29 is 19.5 Å². The summed E-state index contributed by atoms with van der Waals surface area (Å²) in [4.78, 5) is 35.1. The van der Waals surface area contributed by atoms with Gasteiger partial charge < -0.3 is 21.9 Å². The van der Waals surface area contributed by atoms with Crippen LogP contribution in [0.5, 0.6) is 0 Å². The van der Waals surface area contributed by atoms with Gasteiger partial charge in [0.1, 0.15) is 11.0 Å². The number of carbonyl (C=O) groups is 3. The molecule has 8 nitrogen and oxygen atoms in total. The van der Waals surface area contributed by atoms with Crippen molar-refractivity contribution in [3.05, 3.63) is 77.4 Å². The number of aliphatic carboxylic acids is 1. The zero-order valence-corrected chi connectivity index (χ0v) is 17.3. The maximum Gasteiger partial charge on any atom is 0.321 e. The average Bonchev–Trinajstić information content (AvgIpc) is 3.15. The second kappa shape index (κ2) is 9.88. The molecule has 0 fully saturated rings. The molecule has 0 bridgehead atoms. The third-order valence-corrected chi connectivity index (χ3v) is 5.71. The Morgan fingerprint density at radius 2 is 1.65 bits per heavy atom. The van der Waals surface area contributed by atoms with Crippen LogP contribution in [0, 0.1) is 0 Å². The quantitative estimate of drug-likeness (QED) is 0.348. The Hall–Kier alpha value is -3.69. The molecule has 31 heavy (non-hydrogen) atoms. The van der Waals surface area contributed by atoms with E-state index in [2.05, 4.69) is 10.6 Å². The number of benzene rings is 2. The van der Waals surface area contributed by atoms with E-state index < -0.39 is 23.9 Å². The van der Waals surface area contributed by atoms with E-state index in [1.165, 1.54) is 11.3 Å². The smallest absolute Gasteiger partial charge is 0.321 e. The van der Waals surface area contributed by atoms with Crippen molar-refractivity contribution in [3.63, 3.8) is 0 Å². The van der Waals surface area contributed by atoms with E-state index in [0.29, 0.717) is 18.0 Å². The van der Waals surface area contributed by atoms with Crippen molar-refractivity contribution in [1.82, 2.24) is 5.32 Å². The van der Waals surface area contributed by atoms with E-state index in [4.69, 9.17) is 11.5 Å². The lowest BCUT2D eigenvalue weighted by Gasteiger charge is -2.15. The standard InChI is InChI=1S/C22H22N4O4S/c23-19(27)16-11-18(31-20(16)26-22(24)30)15-8-6-14(7-9-15)12-25-17(21(28)29)10-13-4-2-1-3-5-13/h1-9,11,17,25H,10,12H2,(H2,23,27)(H,28,29)(H3,24,26,30). The Morgan fingerprint density at radius 3 is 2.23 bits per heavy atom. The van der Waals surface area contributed by atoms with E-state index in [-0.39, 0.29) is 5.56 Å². The molecule has 0 saturated heterocycles. The third-order valence-electron chi connectivity index (χ3n) is 4.61. The zero-order valence-electron chi connectivity index (χ0n) is 16.5. The van der Waals surface area contributed by atoms with Gasteiger partial charge in [0, 0.05) is 11.4 Å². The fraction of sp³-hybridized carbons (Fsp3) is 0.136. The van der Waals surface area contributed by atoms with Gasteiger partial charge in [0.25, 0.3) is 5.91 Å². The van der Waals surface area contributed by atoms with Crippen LogP contribution in [0.2, 0.25) is 0 Å². The van der Waals surface area contributed by atoms with Gasteiger partial charge in [-0.3, -0.25) is 14.9 Å². The summed E-state index contributed by atoms with van der Waals surface area (Å²) in [6.45, 7) is 0.384. The molecule has 160 valence electrons. The van der Waals surface area contributed by atoms with Gasteiger partial charge in [-0.15, -0.1) is 11.3 Å². The lowest BCUT2D eigenvalue weighted by atomic mass is 10.1. The molecule has 3 rings (SSSR count). The van der Waals surface area contributed by atoms with Gasteiger partial charge in [0.2, 0.25) is 0 Å². The highest BCUT2D eigenvalue weighted by molar-refractivity contribution is 7.20. The highest BCUT2D eigenvalue weighted by Gasteiger charge is 2.18. The topological polar surface area (TPSA) is 148 Å². The molecule has 1 unspecified atom stereocenters. The minimum Gasteiger partial charge on any atom is -0.480 e. The first-order valence-electron chi connectivity index (χ1n) is 9.43. The van der Waals surface area contributed by atoms with Gasteiger partial charge in [-0.2, -0.15) is 0 Å². The number of thiophene rings is 1. The Labute approximate surface area is 182 Å². The Balaban J connectivity index is 1.69. The minimum absolute atomic E-state index is 0.190. The number of hydrogen-bond donors (Lipinski definition) is 5. The van der Waals surface area contributed by atoms with Gasteiger partial charge >= 0.3 is 12.0 Å². The number of carboxylic acid groups (broad SMARTS) is 1. The van der Waals surface area contributed by atoms with Gasteiger partial charge in [0.05, 0.1) is 5.56 Å². The molecule has 1 aromatic heterocycles. The van der Waals surface area contributed by atoms with Crippen LogP contribution in [0.1, 0.15) is 21.5 Å². The molecule has 3 aromatic rings. The predicted molar refractivity (Wildman–Crippen MR) is 120 cm³/mol. The summed E-state index contributed by atoms with van der Waals surface area (Å²) >= 11 is 1.19. The molecule has 3 amide bonds. The molecule has 0 saturated carbocycles. The van der Waals surface area contributed by atoms with E-state index in [1.54, 1.807) is 6.07 Å². The Bertz CT molecular complexity index is 1080. The van der Waals surface area contributed by atoms with E-state index in [1.807, 2.05) is 54.6 Å². The zero-order chi connectivity index (χ0) is 22.4. The number of nitrogens with two attached hydrogens (primary N) is 2. The molecular weight excluding hydrogens is 416 g/mol.